The molecule has 132 valence electrons. The highest BCUT2D eigenvalue weighted by Crippen LogP contribution is 2.46. The molecule has 0 saturated heterocycles. The maximum atomic E-state index is 12.5. The Labute approximate surface area is 146 Å². The van der Waals surface area contributed by atoms with Crippen LogP contribution in [0.2, 0.25) is 0 Å². The molecule has 8 heteroatoms. The van der Waals surface area contributed by atoms with E-state index in [4.69, 9.17) is 0 Å². The minimum atomic E-state index is -3.64. The van der Waals surface area contributed by atoms with Crippen molar-refractivity contribution in [2.24, 2.45) is 5.41 Å². The lowest BCUT2D eigenvalue weighted by molar-refractivity contribution is -0.123. The zero-order valence-corrected chi connectivity index (χ0v) is 14.5. The fourth-order valence-electron chi connectivity index (χ4n) is 3.30. The molecule has 25 heavy (non-hydrogen) atoms. The maximum absolute atomic E-state index is 12.5. The number of hydrogen-bond donors (Lipinski definition) is 2. The molecule has 0 radical (unpaired) electrons. The van der Waals surface area contributed by atoms with Gasteiger partial charge in [-0.3, -0.25) is 9.48 Å². The number of amides is 1. The van der Waals surface area contributed by atoms with Crippen LogP contribution in [0.3, 0.4) is 0 Å². The SMILES string of the molecule is O=C(NCC1(Cn2cccn2)CC1)[C@H]1Cc2ccccc2S(=O)(=O)N1. The van der Waals surface area contributed by atoms with Crippen LogP contribution in [0, 0.1) is 5.41 Å². The number of aromatic nitrogens is 2. The summed E-state index contributed by atoms with van der Waals surface area (Å²) in [5, 5.41) is 7.14. The molecule has 1 amide bonds. The highest BCUT2D eigenvalue weighted by Gasteiger charge is 2.44. The number of rotatable bonds is 5. The lowest BCUT2D eigenvalue weighted by atomic mass is 10.0. The van der Waals surface area contributed by atoms with Gasteiger partial charge in [0.2, 0.25) is 15.9 Å². The highest BCUT2D eigenvalue weighted by molar-refractivity contribution is 7.89. The van der Waals surface area contributed by atoms with Crippen LogP contribution >= 0.6 is 0 Å². The minimum absolute atomic E-state index is 0.0349. The largest absolute Gasteiger partial charge is 0.354 e. The molecular weight excluding hydrogens is 340 g/mol. The first kappa shape index (κ1) is 16.3. The molecule has 1 aliphatic carbocycles. The van der Waals surface area contributed by atoms with Crippen LogP contribution in [-0.2, 0) is 27.8 Å². The monoisotopic (exact) mass is 360 g/mol. The minimum Gasteiger partial charge on any atom is -0.354 e. The topological polar surface area (TPSA) is 93.1 Å². The number of nitrogens with zero attached hydrogens (tertiary/aromatic N) is 2. The normalized spacial score (nSPS) is 22.8. The lowest BCUT2D eigenvalue weighted by Crippen LogP contribution is -2.51. The third-order valence-electron chi connectivity index (χ3n) is 4.95. The molecule has 2 aliphatic rings. The zero-order chi connectivity index (χ0) is 17.5. The van der Waals surface area contributed by atoms with Gasteiger partial charge in [-0.15, -0.1) is 0 Å². The van der Waals surface area contributed by atoms with Gasteiger partial charge in [0.1, 0.15) is 6.04 Å². The Bertz CT molecular complexity index is 888. The predicted molar refractivity (Wildman–Crippen MR) is 91.2 cm³/mol. The summed E-state index contributed by atoms with van der Waals surface area (Å²) >= 11 is 0. The second-order valence-electron chi connectivity index (χ2n) is 6.91. The van der Waals surface area contributed by atoms with Gasteiger partial charge in [-0.25, -0.2) is 8.42 Å². The number of hydrogen-bond acceptors (Lipinski definition) is 4. The first-order chi connectivity index (χ1) is 12.0. The molecule has 1 aromatic carbocycles. The van der Waals surface area contributed by atoms with Gasteiger partial charge >= 0.3 is 0 Å². The Kier molecular flexibility index (Phi) is 3.88. The zero-order valence-electron chi connectivity index (χ0n) is 13.7. The summed E-state index contributed by atoms with van der Waals surface area (Å²) in [4.78, 5) is 12.8. The van der Waals surface area contributed by atoms with E-state index in [2.05, 4.69) is 15.1 Å². The van der Waals surface area contributed by atoms with E-state index in [-0.39, 0.29) is 16.2 Å². The lowest BCUT2D eigenvalue weighted by Gasteiger charge is -2.26. The first-order valence-corrected chi connectivity index (χ1v) is 9.81. The molecule has 1 aliphatic heterocycles. The third kappa shape index (κ3) is 3.32. The highest BCUT2D eigenvalue weighted by atomic mass is 32.2. The number of sulfonamides is 1. The van der Waals surface area contributed by atoms with Gasteiger partial charge in [0, 0.05) is 30.9 Å². The fourth-order valence-corrected chi connectivity index (χ4v) is 4.74. The molecule has 7 nitrogen and oxygen atoms in total. The Balaban J connectivity index is 1.41. The van der Waals surface area contributed by atoms with Gasteiger partial charge in [-0.2, -0.15) is 9.82 Å². The summed E-state index contributed by atoms with van der Waals surface area (Å²) in [6.45, 7) is 1.30. The molecule has 1 atom stereocenters. The van der Waals surface area contributed by atoms with Crippen molar-refractivity contribution in [3.63, 3.8) is 0 Å². The number of carbonyl (C=O) groups is 1. The van der Waals surface area contributed by atoms with Gasteiger partial charge in [0.25, 0.3) is 0 Å². The summed E-state index contributed by atoms with van der Waals surface area (Å²) < 4.78 is 29.0. The summed E-state index contributed by atoms with van der Waals surface area (Å²) in [7, 11) is -3.64. The molecule has 4 rings (SSSR count). The molecule has 1 saturated carbocycles. The van der Waals surface area contributed by atoms with E-state index in [0.29, 0.717) is 18.5 Å². The molecule has 1 fully saturated rings. The molecular formula is C17H20N4O3S. The van der Waals surface area contributed by atoms with Crippen molar-refractivity contribution in [2.45, 2.75) is 36.7 Å². The average Bonchev–Trinajstić information content (AvgIpc) is 3.15. The molecule has 2 N–H and O–H groups in total. The average molecular weight is 360 g/mol. The van der Waals surface area contributed by atoms with Crippen molar-refractivity contribution in [3.05, 3.63) is 48.3 Å². The van der Waals surface area contributed by atoms with Crippen LogP contribution in [0.15, 0.2) is 47.6 Å². The van der Waals surface area contributed by atoms with Gasteiger partial charge < -0.3 is 5.32 Å². The van der Waals surface area contributed by atoms with Crippen molar-refractivity contribution in [1.82, 2.24) is 19.8 Å². The van der Waals surface area contributed by atoms with Crippen molar-refractivity contribution < 1.29 is 13.2 Å². The molecule has 2 aromatic rings. The van der Waals surface area contributed by atoms with Crippen LogP contribution < -0.4 is 10.0 Å². The molecule has 0 spiro atoms. The smallest absolute Gasteiger partial charge is 0.241 e. The van der Waals surface area contributed by atoms with Crippen molar-refractivity contribution in [1.29, 1.82) is 0 Å². The predicted octanol–water partition coefficient (Wildman–Crippen LogP) is 0.683. The number of nitrogens with one attached hydrogen (secondary N) is 2. The quantitative estimate of drug-likeness (QED) is 0.820. The van der Waals surface area contributed by atoms with E-state index in [0.717, 1.165) is 19.4 Å². The maximum Gasteiger partial charge on any atom is 0.241 e. The van der Waals surface area contributed by atoms with E-state index < -0.39 is 16.1 Å². The second kappa shape index (κ2) is 5.96. The van der Waals surface area contributed by atoms with Crippen LogP contribution in [0.25, 0.3) is 0 Å². The molecule has 0 bridgehead atoms. The second-order valence-corrected chi connectivity index (χ2v) is 8.59. The summed E-state index contributed by atoms with van der Waals surface area (Å²) in [5.74, 6) is -0.273. The Hall–Kier alpha value is -2.19. The van der Waals surface area contributed by atoms with Crippen LogP contribution in [0.4, 0.5) is 0 Å². The Morgan fingerprint density at radius 3 is 2.84 bits per heavy atom. The van der Waals surface area contributed by atoms with Crippen LogP contribution in [0.5, 0.6) is 0 Å². The van der Waals surface area contributed by atoms with E-state index in [1.54, 1.807) is 30.5 Å². The van der Waals surface area contributed by atoms with E-state index in [1.807, 2.05) is 16.9 Å². The fraction of sp³-hybridized carbons (Fsp3) is 0.412. The van der Waals surface area contributed by atoms with Gasteiger partial charge in [-0.1, -0.05) is 18.2 Å². The van der Waals surface area contributed by atoms with Gasteiger partial charge in [0.05, 0.1) is 4.90 Å². The number of benzene rings is 1. The Morgan fingerprint density at radius 2 is 2.12 bits per heavy atom. The summed E-state index contributed by atoms with van der Waals surface area (Å²) in [6.07, 6.45) is 6.09. The van der Waals surface area contributed by atoms with Gasteiger partial charge in [0.15, 0.2) is 0 Å². The van der Waals surface area contributed by atoms with Crippen molar-refractivity contribution in [2.75, 3.05) is 6.54 Å². The van der Waals surface area contributed by atoms with E-state index >= 15 is 0 Å². The van der Waals surface area contributed by atoms with Crippen LogP contribution in [-0.4, -0.2) is 36.7 Å². The number of carbonyl (C=O) groups excluding carboxylic acids is 1. The number of fused-ring (bicyclic) bond motifs is 1. The van der Waals surface area contributed by atoms with Crippen molar-refractivity contribution >= 4 is 15.9 Å². The molecule has 1 aromatic heterocycles. The first-order valence-electron chi connectivity index (χ1n) is 8.33. The Morgan fingerprint density at radius 1 is 1.32 bits per heavy atom. The summed E-state index contributed by atoms with van der Waals surface area (Å²) in [5.41, 5.74) is 0.715. The molecule has 0 unspecified atom stereocenters. The standard InChI is InChI=1S/C17H20N4O3S/c22-16(18-11-17(6-7-17)12-21-9-3-8-19-21)14-10-13-4-1-2-5-15(13)25(23,24)20-14/h1-5,8-9,14,20H,6-7,10-12H2,(H,18,22)/t14-/m1/s1. The third-order valence-corrected chi connectivity index (χ3v) is 6.52. The molecule has 2 heterocycles. The van der Waals surface area contributed by atoms with E-state index in [9.17, 15) is 13.2 Å². The van der Waals surface area contributed by atoms with Crippen LogP contribution in [0.1, 0.15) is 18.4 Å². The van der Waals surface area contributed by atoms with Gasteiger partial charge in [-0.05, 0) is 37.0 Å². The summed E-state index contributed by atoms with van der Waals surface area (Å²) in [6, 6.07) is 7.91. The van der Waals surface area contributed by atoms with Crippen molar-refractivity contribution in [3.8, 4) is 0 Å². The van der Waals surface area contributed by atoms with E-state index in [1.165, 1.54) is 0 Å².